The highest BCUT2D eigenvalue weighted by molar-refractivity contribution is 5.79. The van der Waals surface area contributed by atoms with Gasteiger partial charge in [0.1, 0.15) is 11.9 Å². The highest BCUT2D eigenvalue weighted by atomic mass is 16.5. The lowest BCUT2D eigenvalue weighted by molar-refractivity contribution is -0.136. The number of rotatable bonds is 5. The second kappa shape index (κ2) is 8.11. The van der Waals surface area contributed by atoms with Crippen LogP contribution < -0.4 is 4.74 Å². The van der Waals surface area contributed by atoms with Crippen LogP contribution in [-0.2, 0) is 18.3 Å². The summed E-state index contributed by atoms with van der Waals surface area (Å²) in [6, 6.07) is 1.91. The number of aryl methyl sites for hydroxylation is 3. The molecule has 1 aliphatic heterocycles. The summed E-state index contributed by atoms with van der Waals surface area (Å²) in [5, 5.41) is 4.46. The van der Waals surface area contributed by atoms with E-state index < -0.39 is 0 Å². The van der Waals surface area contributed by atoms with Gasteiger partial charge < -0.3 is 9.64 Å². The van der Waals surface area contributed by atoms with Crippen LogP contribution in [0.2, 0.25) is 0 Å². The molecular weight excluding hydrogens is 340 g/mol. The first-order valence-electron chi connectivity index (χ1n) is 9.72. The summed E-state index contributed by atoms with van der Waals surface area (Å²) in [6.45, 7) is 9.62. The molecular formula is C21H30N4O2. The van der Waals surface area contributed by atoms with Crippen LogP contribution in [0.4, 0.5) is 0 Å². The maximum absolute atomic E-state index is 12.9. The van der Waals surface area contributed by atoms with Crippen molar-refractivity contribution in [2.24, 2.45) is 13.0 Å². The number of carbonyl (C=O) groups excluding carboxylic acids is 1. The molecule has 1 aliphatic rings. The maximum Gasteiger partial charge on any atom is 0.225 e. The molecule has 3 rings (SSSR count). The average Bonchev–Trinajstić information content (AvgIpc) is 2.89. The van der Waals surface area contributed by atoms with Crippen molar-refractivity contribution in [3.8, 4) is 5.75 Å². The molecule has 6 heteroatoms. The van der Waals surface area contributed by atoms with E-state index in [9.17, 15) is 4.79 Å². The molecule has 1 amide bonds. The average molecular weight is 370 g/mol. The number of pyridine rings is 1. The number of nitrogens with zero attached hydrogens (tertiary/aromatic N) is 4. The van der Waals surface area contributed by atoms with Gasteiger partial charge in [-0.1, -0.05) is 6.92 Å². The minimum atomic E-state index is -0.0356. The molecule has 146 valence electrons. The van der Waals surface area contributed by atoms with Gasteiger partial charge in [0.15, 0.2) is 0 Å². The van der Waals surface area contributed by atoms with E-state index >= 15 is 0 Å². The Labute approximate surface area is 161 Å². The topological polar surface area (TPSA) is 60.2 Å². The molecule has 2 aromatic rings. The number of hydrogen-bond acceptors (Lipinski definition) is 4. The third-order valence-electron chi connectivity index (χ3n) is 5.61. The highest BCUT2D eigenvalue weighted by Gasteiger charge is 2.28. The standard InChI is InChI=1S/C21H30N4O2/c1-14(12-19-16(3)23-24(5)17(19)4)21(26)25-10-7-18(8-11-25)27-20-6-9-22-13-15(20)2/h6,9,13-14,18H,7-8,10-12H2,1-5H3/t14-/m0/s1. The Bertz CT molecular complexity index is 807. The number of carbonyl (C=O) groups is 1. The van der Waals surface area contributed by atoms with Gasteiger partial charge in [-0.3, -0.25) is 14.5 Å². The second-order valence-electron chi connectivity index (χ2n) is 7.66. The smallest absolute Gasteiger partial charge is 0.225 e. The minimum absolute atomic E-state index is 0.0356. The quantitative estimate of drug-likeness (QED) is 0.812. The largest absolute Gasteiger partial charge is 0.490 e. The highest BCUT2D eigenvalue weighted by Crippen LogP contribution is 2.23. The summed E-state index contributed by atoms with van der Waals surface area (Å²) in [5.74, 6) is 1.09. The van der Waals surface area contributed by atoms with Crippen LogP contribution >= 0.6 is 0 Å². The monoisotopic (exact) mass is 370 g/mol. The molecule has 1 saturated heterocycles. The third kappa shape index (κ3) is 4.31. The number of ether oxygens (including phenoxy) is 1. The lowest BCUT2D eigenvalue weighted by Crippen LogP contribution is -2.44. The molecule has 1 atom stereocenters. The summed E-state index contributed by atoms with van der Waals surface area (Å²) < 4.78 is 8.01. The van der Waals surface area contributed by atoms with E-state index in [4.69, 9.17) is 4.74 Å². The first-order valence-corrected chi connectivity index (χ1v) is 9.72. The van der Waals surface area contributed by atoms with Gasteiger partial charge in [0.05, 0.1) is 5.69 Å². The summed E-state index contributed by atoms with van der Waals surface area (Å²) in [4.78, 5) is 19.0. The molecule has 0 bridgehead atoms. The van der Waals surface area contributed by atoms with Crippen molar-refractivity contribution in [3.05, 3.63) is 41.0 Å². The summed E-state index contributed by atoms with van der Waals surface area (Å²) in [6.07, 6.45) is 6.21. The third-order valence-corrected chi connectivity index (χ3v) is 5.61. The second-order valence-corrected chi connectivity index (χ2v) is 7.66. The molecule has 0 radical (unpaired) electrons. The fraction of sp³-hybridized carbons (Fsp3) is 0.571. The van der Waals surface area contributed by atoms with Gasteiger partial charge in [-0.15, -0.1) is 0 Å². The van der Waals surface area contributed by atoms with E-state index in [1.165, 1.54) is 5.56 Å². The van der Waals surface area contributed by atoms with Crippen LogP contribution in [0.15, 0.2) is 18.5 Å². The number of likely N-dealkylation sites (tertiary alicyclic amines) is 1. The molecule has 27 heavy (non-hydrogen) atoms. The molecule has 0 saturated carbocycles. The van der Waals surface area contributed by atoms with Gasteiger partial charge in [0.25, 0.3) is 0 Å². The molecule has 1 fully saturated rings. The van der Waals surface area contributed by atoms with Crippen molar-refractivity contribution < 1.29 is 9.53 Å². The normalized spacial score (nSPS) is 16.4. The first-order chi connectivity index (χ1) is 12.9. The van der Waals surface area contributed by atoms with E-state index in [2.05, 4.69) is 17.0 Å². The Kier molecular flexibility index (Phi) is 5.82. The molecule has 0 N–H and O–H groups in total. The first kappa shape index (κ1) is 19.4. The van der Waals surface area contributed by atoms with Crippen molar-refractivity contribution in [2.45, 2.75) is 53.1 Å². The van der Waals surface area contributed by atoms with Gasteiger partial charge in [-0.05, 0) is 38.8 Å². The van der Waals surface area contributed by atoms with Gasteiger partial charge >= 0.3 is 0 Å². The van der Waals surface area contributed by atoms with Crippen LogP contribution in [0.3, 0.4) is 0 Å². The van der Waals surface area contributed by atoms with E-state index in [1.807, 2.05) is 49.7 Å². The summed E-state index contributed by atoms with van der Waals surface area (Å²) >= 11 is 0. The van der Waals surface area contributed by atoms with Crippen LogP contribution in [0.25, 0.3) is 0 Å². The van der Waals surface area contributed by atoms with Crippen molar-refractivity contribution in [3.63, 3.8) is 0 Å². The number of aromatic nitrogens is 3. The van der Waals surface area contributed by atoms with Crippen molar-refractivity contribution in [1.82, 2.24) is 19.7 Å². The Morgan fingerprint density at radius 3 is 2.59 bits per heavy atom. The van der Waals surface area contributed by atoms with Crippen molar-refractivity contribution >= 4 is 5.91 Å². The molecule has 0 aliphatic carbocycles. The SMILES string of the molecule is Cc1cnccc1OC1CCN(C(=O)[C@@H](C)Cc2c(C)nn(C)c2C)CC1. The zero-order chi connectivity index (χ0) is 19.6. The number of hydrogen-bond donors (Lipinski definition) is 0. The Morgan fingerprint density at radius 1 is 1.30 bits per heavy atom. The molecule has 6 nitrogen and oxygen atoms in total. The molecule has 0 aromatic carbocycles. The Hall–Kier alpha value is -2.37. The zero-order valence-corrected chi connectivity index (χ0v) is 17.0. The Balaban J connectivity index is 1.54. The van der Waals surface area contributed by atoms with Crippen molar-refractivity contribution in [1.29, 1.82) is 0 Å². The van der Waals surface area contributed by atoms with Gasteiger partial charge in [-0.2, -0.15) is 5.10 Å². The van der Waals surface area contributed by atoms with E-state index in [1.54, 1.807) is 6.20 Å². The predicted molar refractivity (Wildman–Crippen MR) is 105 cm³/mol. The summed E-state index contributed by atoms with van der Waals surface area (Å²) in [7, 11) is 1.95. The fourth-order valence-electron chi connectivity index (χ4n) is 3.78. The van der Waals surface area contributed by atoms with Gasteiger partial charge in [0.2, 0.25) is 5.91 Å². The summed E-state index contributed by atoms with van der Waals surface area (Å²) in [5.41, 5.74) is 4.41. The van der Waals surface area contributed by atoms with Crippen molar-refractivity contribution in [2.75, 3.05) is 13.1 Å². The van der Waals surface area contributed by atoms with Crippen LogP contribution in [-0.4, -0.2) is 44.8 Å². The zero-order valence-electron chi connectivity index (χ0n) is 17.0. The van der Waals surface area contributed by atoms with E-state index in [0.29, 0.717) is 0 Å². The fourth-order valence-corrected chi connectivity index (χ4v) is 3.78. The molecule has 3 heterocycles. The van der Waals surface area contributed by atoms with Crippen LogP contribution in [0.5, 0.6) is 5.75 Å². The molecule has 2 aromatic heterocycles. The van der Waals surface area contributed by atoms with E-state index in [0.717, 1.165) is 55.1 Å². The lowest BCUT2D eigenvalue weighted by atomic mass is 9.97. The molecule has 0 unspecified atom stereocenters. The predicted octanol–water partition coefficient (Wildman–Crippen LogP) is 2.99. The molecule has 0 spiro atoms. The van der Waals surface area contributed by atoms with Gasteiger partial charge in [0, 0.05) is 62.5 Å². The van der Waals surface area contributed by atoms with Crippen LogP contribution in [0.1, 0.15) is 42.3 Å². The van der Waals surface area contributed by atoms with Gasteiger partial charge in [-0.25, -0.2) is 0 Å². The minimum Gasteiger partial charge on any atom is -0.490 e. The maximum atomic E-state index is 12.9. The number of amides is 1. The lowest BCUT2D eigenvalue weighted by Gasteiger charge is -2.34. The van der Waals surface area contributed by atoms with E-state index in [-0.39, 0.29) is 17.9 Å². The van der Waals surface area contributed by atoms with Crippen LogP contribution in [0, 0.1) is 26.7 Å². The number of piperidine rings is 1. The Morgan fingerprint density at radius 2 is 2.00 bits per heavy atom.